The third kappa shape index (κ3) is 9.49. The van der Waals surface area contributed by atoms with E-state index in [9.17, 15) is 41.1 Å². The van der Waals surface area contributed by atoms with Gasteiger partial charge in [0.2, 0.25) is 46.6 Å². The van der Waals surface area contributed by atoms with E-state index in [2.05, 4.69) is 15.0 Å². The third-order valence-corrected chi connectivity index (χ3v) is 8.92. The van der Waals surface area contributed by atoms with E-state index in [4.69, 9.17) is 4.74 Å². The topological polar surface area (TPSA) is 118 Å². The SMILES string of the molecule is CC[C@H](C)[C@H](NC(=O)[C@H](C(C)C)N(C)C)C(=O)N(C)[C@H](C[C@@H](OC(C)=O)c1nc(C(=O)Oc2c(F)c(F)c(F)c(F)c2F)cs1)C(C)C. The Balaban J connectivity index is 2.39. The van der Waals surface area contributed by atoms with Gasteiger partial charge in [-0.1, -0.05) is 48.0 Å². The minimum Gasteiger partial charge on any atom is -0.455 e. The number of thiazole rings is 1. The number of benzene rings is 1. The first-order chi connectivity index (χ1) is 22.2. The monoisotopic (exact) mass is 706 g/mol. The molecule has 1 heterocycles. The van der Waals surface area contributed by atoms with Crippen LogP contribution in [0.3, 0.4) is 0 Å². The average molecular weight is 707 g/mol. The number of ether oxygens (including phenoxy) is 2. The van der Waals surface area contributed by atoms with Gasteiger partial charge >= 0.3 is 11.9 Å². The molecule has 10 nitrogen and oxygen atoms in total. The van der Waals surface area contributed by atoms with E-state index in [1.807, 2.05) is 41.5 Å². The van der Waals surface area contributed by atoms with E-state index in [0.29, 0.717) is 6.42 Å². The Hall–Kier alpha value is -3.66. The number of carbonyl (C=O) groups is 4. The van der Waals surface area contributed by atoms with E-state index >= 15 is 0 Å². The van der Waals surface area contributed by atoms with Crippen molar-refractivity contribution < 1.29 is 50.6 Å². The zero-order valence-corrected chi connectivity index (χ0v) is 29.4. The second kappa shape index (κ2) is 17.1. The average Bonchev–Trinajstić information content (AvgIpc) is 3.50. The summed E-state index contributed by atoms with van der Waals surface area (Å²) in [5.74, 6) is -16.9. The van der Waals surface area contributed by atoms with E-state index in [-0.39, 0.29) is 41.0 Å². The molecule has 0 saturated heterocycles. The van der Waals surface area contributed by atoms with Gasteiger partial charge < -0.3 is 19.7 Å². The lowest BCUT2D eigenvalue weighted by atomic mass is 9.92. The predicted octanol–water partition coefficient (Wildman–Crippen LogP) is 5.65. The molecule has 0 saturated carbocycles. The first-order valence-corrected chi connectivity index (χ1v) is 16.2. The molecule has 268 valence electrons. The molecule has 0 unspecified atom stereocenters. The fourth-order valence-corrected chi connectivity index (χ4v) is 6.11. The van der Waals surface area contributed by atoms with Crippen molar-refractivity contribution >= 4 is 35.1 Å². The van der Waals surface area contributed by atoms with Crippen molar-refractivity contribution in [3.05, 3.63) is 45.2 Å². The molecular weight excluding hydrogens is 663 g/mol. The van der Waals surface area contributed by atoms with Crippen molar-refractivity contribution in [1.82, 2.24) is 20.1 Å². The Bertz CT molecular complexity index is 1450. The van der Waals surface area contributed by atoms with Gasteiger partial charge in [0.15, 0.2) is 11.8 Å². The minimum atomic E-state index is -2.42. The Morgan fingerprint density at radius 3 is 1.90 bits per heavy atom. The zero-order valence-electron chi connectivity index (χ0n) is 28.6. The first-order valence-electron chi connectivity index (χ1n) is 15.3. The van der Waals surface area contributed by atoms with Gasteiger partial charge in [-0.15, -0.1) is 11.3 Å². The molecule has 16 heteroatoms. The molecule has 1 aromatic carbocycles. The summed E-state index contributed by atoms with van der Waals surface area (Å²) in [6.07, 6.45) is -0.543. The quantitative estimate of drug-likeness (QED) is 0.0831. The second-order valence-electron chi connectivity index (χ2n) is 12.5. The van der Waals surface area contributed by atoms with Crippen LogP contribution in [0.15, 0.2) is 5.38 Å². The van der Waals surface area contributed by atoms with Crippen LogP contribution in [0.5, 0.6) is 5.75 Å². The largest absolute Gasteiger partial charge is 0.455 e. The van der Waals surface area contributed by atoms with E-state index in [0.717, 1.165) is 23.6 Å². The molecule has 0 aliphatic heterocycles. The van der Waals surface area contributed by atoms with Crippen LogP contribution < -0.4 is 10.1 Å². The van der Waals surface area contributed by atoms with Gasteiger partial charge in [-0.2, -0.15) is 8.78 Å². The fraction of sp³-hybridized carbons (Fsp3) is 0.594. The number of amides is 2. The molecule has 0 bridgehead atoms. The zero-order chi connectivity index (χ0) is 36.8. The number of hydrogen-bond acceptors (Lipinski definition) is 9. The number of nitrogens with one attached hydrogen (secondary N) is 1. The molecule has 48 heavy (non-hydrogen) atoms. The summed E-state index contributed by atoms with van der Waals surface area (Å²) in [5.41, 5.74) is -0.554. The van der Waals surface area contributed by atoms with Crippen LogP contribution in [0.25, 0.3) is 0 Å². The Labute approximate surface area is 281 Å². The van der Waals surface area contributed by atoms with Gasteiger partial charge in [-0.05, 0) is 31.8 Å². The molecule has 2 aromatic rings. The number of esters is 2. The van der Waals surface area contributed by atoms with Crippen molar-refractivity contribution in [2.75, 3.05) is 21.1 Å². The number of halogens is 5. The number of hydrogen-bond donors (Lipinski definition) is 1. The summed E-state index contributed by atoms with van der Waals surface area (Å²) < 4.78 is 78.8. The van der Waals surface area contributed by atoms with Crippen LogP contribution in [-0.4, -0.2) is 77.8 Å². The molecule has 2 amide bonds. The highest BCUT2D eigenvalue weighted by Gasteiger charge is 2.37. The van der Waals surface area contributed by atoms with Crippen LogP contribution in [0.2, 0.25) is 0 Å². The number of nitrogens with zero attached hydrogens (tertiary/aromatic N) is 3. The fourth-order valence-electron chi connectivity index (χ4n) is 5.28. The van der Waals surface area contributed by atoms with Crippen molar-refractivity contribution in [1.29, 1.82) is 0 Å². The normalized spacial score (nSPS) is 14.8. The van der Waals surface area contributed by atoms with Crippen molar-refractivity contribution in [2.45, 2.75) is 85.5 Å². The molecule has 0 spiro atoms. The standard InChI is InChI=1S/C32H43F5N4O6S/c1-11-16(6)26(39-29(43)27(15(4)5)40(8)9)31(44)41(10)19(14(2)3)12-20(46-17(7)42)30-38-18(13-48-30)32(45)47-28-24(36)22(34)21(33)23(35)25(28)37/h13-16,19-20,26-27H,11-12H2,1-10H3,(H,39,43)/t16-,19+,20+,26-,27-/m0/s1. The highest BCUT2D eigenvalue weighted by Crippen LogP contribution is 2.33. The smallest absolute Gasteiger partial charge is 0.363 e. The second-order valence-corrected chi connectivity index (χ2v) is 13.4. The molecular formula is C32H43F5N4O6S. The molecule has 0 radical (unpaired) electrons. The molecule has 0 aliphatic rings. The maximum atomic E-state index is 14.1. The number of likely N-dealkylation sites (N-methyl/N-ethyl adjacent to an activating group) is 2. The van der Waals surface area contributed by atoms with Gasteiger partial charge in [0.05, 0.1) is 6.04 Å². The van der Waals surface area contributed by atoms with E-state index < -0.39 is 76.7 Å². The highest BCUT2D eigenvalue weighted by molar-refractivity contribution is 7.09. The highest BCUT2D eigenvalue weighted by atomic mass is 32.1. The summed E-state index contributed by atoms with van der Waals surface area (Å²) in [6, 6.07) is -1.94. The number of carbonyl (C=O) groups excluding carboxylic acids is 4. The summed E-state index contributed by atoms with van der Waals surface area (Å²) in [4.78, 5) is 59.4. The maximum Gasteiger partial charge on any atom is 0.363 e. The Morgan fingerprint density at radius 1 is 0.896 bits per heavy atom. The molecule has 1 N–H and O–H groups in total. The maximum absolute atomic E-state index is 14.1. The summed E-state index contributed by atoms with van der Waals surface area (Å²) in [7, 11) is 5.13. The lowest BCUT2D eigenvalue weighted by Crippen LogP contribution is -2.58. The van der Waals surface area contributed by atoms with E-state index in [1.54, 1.807) is 26.0 Å². The van der Waals surface area contributed by atoms with Gasteiger partial charge in [-0.3, -0.25) is 19.3 Å². The van der Waals surface area contributed by atoms with Gasteiger partial charge in [-0.25, -0.2) is 22.9 Å². The van der Waals surface area contributed by atoms with Gasteiger partial charge in [0, 0.05) is 31.8 Å². The van der Waals surface area contributed by atoms with Crippen molar-refractivity contribution in [2.24, 2.45) is 17.8 Å². The number of rotatable bonds is 15. The van der Waals surface area contributed by atoms with Gasteiger partial charge in [0.1, 0.15) is 11.0 Å². The lowest BCUT2D eigenvalue weighted by molar-refractivity contribution is -0.149. The molecule has 1 aromatic heterocycles. The van der Waals surface area contributed by atoms with Crippen molar-refractivity contribution in [3.8, 4) is 5.75 Å². The van der Waals surface area contributed by atoms with Crippen LogP contribution in [0, 0.1) is 46.8 Å². The van der Waals surface area contributed by atoms with Crippen LogP contribution >= 0.6 is 11.3 Å². The predicted molar refractivity (Wildman–Crippen MR) is 168 cm³/mol. The van der Waals surface area contributed by atoms with Crippen LogP contribution in [0.1, 0.15) is 82.9 Å². The van der Waals surface area contributed by atoms with Crippen molar-refractivity contribution in [3.63, 3.8) is 0 Å². The first kappa shape index (κ1) is 40.5. The minimum absolute atomic E-state index is 0.00732. The lowest BCUT2D eigenvalue weighted by Gasteiger charge is -2.37. The molecule has 2 rings (SSSR count). The number of aromatic nitrogens is 1. The Morgan fingerprint density at radius 2 is 1.44 bits per heavy atom. The van der Waals surface area contributed by atoms with E-state index in [1.165, 1.54) is 4.90 Å². The van der Waals surface area contributed by atoms with Crippen LogP contribution in [-0.2, 0) is 19.1 Å². The third-order valence-electron chi connectivity index (χ3n) is 7.98. The van der Waals surface area contributed by atoms with Gasteiger partial charge in [0.25, 0.3) is 0 Å². The Kier molecular flexibility index (Phi) is 14.5. The van der Waals surface area contributed by atoms with Crippen LogP contribution in [0.4, 0.5) is 22.0 Å². The molecule has 0 aliphatic carbocycles. The molecule has 0 fully saturated rings. The summed E-state index contributed by atoms with van der Waals surface area (Å²) in [5, 5.41) is 4.08. The summed E-state index contributed by atoms with van der Waals surface area (Å²) >= 11 is 0.811. The summed E-state index contributed by atoms with van der Waals surface area (Å²) in [6.45, 7) is 12.4. The molecule has 5 atom stereocenters.